The Balaban J connectivity index is 1.86. The summed E-state index contributed by atoms with van der Waals surface area (Å²) in [5.74, 6) is -0.470. The SMILES string of the molecule is Cc1cc(CCC(=O)O)ccc1OCc1c(-c2ccc(Cl)cc2)nsc1C(F)(F)F. The van der Waals surface area contributed by atoms with Crippen molar-refractivity contribution >= 4 is 29.1 Å². The molecule has 1 N–H and O–H groups in total. The van der Waals surface area contributed by atoms with Crippen LogP contribution < -0.4 is 4.74 Å². The molecule has 1 heterocycles. The number of hydrogen-bond acceptors (Lipinski definition) is 4. The number of carboxylic acid groups (broad SMARTS) is 1. The zero-order valence-electron chi connectivity index (χ0n) is 15.8. The number of halogens is 4. The third-order valence-corrected chi connectivity index (χ3v) is 5.59. The summed E-state index contributed by atoms with van der Waals surface area (Å²) < 4.78 is 50.2. The molecular formula is C21H17ClF3NO3S. The zero-order chi connectivity index (χ0) is 21.9. The monoisotopic (exact) mass is 455 g/mol. The van der Waals surface area contributed by atoms with E-state index in [1.165, 1.54) is 0 Å². The lowest BCUT2D eigenvalue weighted by molar-refractivity contribution is -0.137. The number of hydrogen-bond donors (Lipinski definition) is 1. The van der Waals surface area contributed by atoms with Gasteiger partial charge in [0, 0.05) is 22.6 Å². The zero-order valence-corrected chi connectivity index (χ0v) is 17.4. The molecule has 0 radical (unpaired) electrons. The van der Waals surface area contributed by atoms with E-state index >= 15 is 0 Å². The number of carboxylic acids is 1. The van der Waals surface area contributed by atoms with E-state index in [2.05, 4.69) is 4.37 Å². The molecule has 0 unspecified atom stereocenters. The largest absolute Gasteiger partial charge is 0.489 e. The Labute approximate surface area is 180 Å². The second-order valence-corrected chi connectivity index (χ2v) is 7.84. The Morgan fingerprint density at radius 2 is 1.90 bits per heavy atom. The van der Waals surface area contributed by atoms with Crippen LogP contribution in [-0.2, 0) is 24.0 Å². The number of aliphatic carboxylic acids is 1. The molecule has 9 heteroatoms. The maximum absolute atomic E-state index is 13.5. The van der Waals surface area contributed by atoms with Gasteiger partial charge in [0.1, 0.15) is 17.2 Å². The van der Waals surface area contributed by atoms with E-state index < -0.39 is 17.0 Å². The first-order valence-electron chi connectivity index (χ1n) is 8.91. The number of carbonyl (C=O) groups is 1. The molecule has 0 amide bonds. The van der Waals surface area contributed by atoms with Gasteiger partial charge in [0.15, 0.2) is 0 Å². The van der Waals surface area contributed by atoms with Gasteiger partial charge in [-0.3, -0.25) is 4.79 Å². The summed E-state index contributed by atoms with van der Waals surface area (Å²) in [5, 5.41) is 9.26. The van der Waals surface area contributed by atoms with Gasteiger partial charge in [-0.25, -0.2) is 0 Å². The van der Waals surface area contributed by atoms with E-state index in [0.717, 1.165) is 5.56 Å². The Morgan fingerprint density at radius 3 is 2.50 bits per heavy atom. The van der Waals surface area contributed by atoms with Crippen LogP contribution in [0.15, 0.2) is 42.5 Å². The molecule has 2 aromatic carbocycles. The topological polar surface area (TPSA) is 59.4 Å². The van der Waals surface area contributed by atoms with Crippen LogP contribution in [0.1, 0.15) is 28.0 Å². The van der Waals surface area contributed by atoms with Gasteiger partial charge in [0.2, 0.25) is 0 Å². The van der Waals surface area contributed by atoms with Gasteiger partial charge in [-0.2, -0.15) is 17.5 Å². The van der Waals surface area contributed by atoms with Crippen molar-refractivity contribution in [2.75, 3.05) is 0 Å². The van der Waals surface area contributed by atoms with E-state index in [4.69, 9.17) is 21.4 Å². The van der Waals surface area contributed by atoms with Gasteiger partial charge in [0.05, 0.1) is 5.69 Å². The summed E-state index contributed by atoms with van der Waals surface area (Å²) in [6.07, 6.45) is -4.18. The normalized spacial score (nSPS) is 11.5. The summed E-state index contributed by atoms with van der Waals surface area (Å²) in [6.45, 7) is 1.45. The van der Waals surface area contributed by atoms with Crippen molar-refractivity contribution in [3.63, 3.8) is 0 Å². The van der Waals surface area contributed by atoms with Crippen molar-refractivity contribution in [2.24, 2.45) is 0 Å². The molecule has 0 aliphatic carbocycles. The fraction of sp³-hybridized carbons (Fsp3) is 0.238. The minimum atomic E-state index is -4.54. The summed E-state index contributed by atoms with van der Waals surface area (Å²) in [6, 6.07) is 11.5. The minimum absolute atomic E-state index is 0.000385. The fourth-order valence-electron chi connectivity index (χ4n) is 2.93. The highest BCUT2D eigenvalue weighted by atomic mass is 35.5. The molecule has 3 rings (SSSR count). The molecule has 30 heavy (non-hydrogen) atoms. The van der Waals surface area contributed by atoms with Crippen molar-refractivity contribution in [2.45, 2.75) is 32.5 Å². The summed E-state index contributed by atoms with van der Waals surface area (Å²) in [5.41, 5.74) is 2.22. The second kappa shape index (κ2) is 9.06. The number of alkyl halides is 3. The van der Waals surface area contributed by atoms with Crippen molar-refractivity contribution in [1.82, 2.24) is 4.37 Å². The fourth-order valence-corrected chi connectivity index (χ4v) is 3.82. The van der Waals surface area contributed by atoms with Gasteiger partial charge in [-0.05, 0) is 54.2 Å². The molecule has 3 aromatic rings. The highest BCUT2D eigenvalue weighted by Crippen LogP contribution is 2.40. The summed E-state index contributed by atoms with van der Waals surface area (Å²) in [7, 11) is 0. The maximum atomic E-state index is 13.5. The maximum Gasteiger partial charge on any atom is 0.427 e. The van der Waals surface area contributed by atoms with Crippen molar-refractivity contribution in [3.05, 3.63) is 69.1 Å². The molecule has 0 aliphatic rings. The number of benzene rings is 2. The van der Waals surface area contributed by atoms with Gasteiger partial charge >= 0.3 is 12.1 Å². The van der Waals surface area contributed by atoms with E-state index in [9.17, 15) is 18.0 Å². The highest BCUT2D eigenvalue weighted by Gasteiger charge is 2.38. The van der Waals surface area contributed by atoms with E-state index in [1.54, 1.807) is 49.4 Å². The molecule has 0 fully saturated rings. The number of aryl methyl sites for hydroxylation is 2. The van der Waals surface area contributed by atoms with E-state index in [0.29, 0.717) is 39.9 Å². The minimum Gasteiger partial charge on any atom is -0.489 e. The lowest BCUT2D eigenvalue weighted by Gasteiger charge is -2.13. The van der Waals surface area contributed by atoms with Gasteiger partial charge in [-0.15, -0.1) is 0 Å². The average molecular weight is 456 g/mol. The van der Waals surface area contributed by atoms with Gasteiger partial charge < -0.3 is 9.84 Å². The predicted molar refractivity (Wildman–Crippen MR) is 109 cm³/mol. The van der Waals surface area contributed by atoms with Crippen LogP contribution in [0.5, 0.6) is 5.75 Å². The first kappa shape index (κ1) is 22.1. The van der Waals surface area contributed by atoms with Crippen LogP contribution >= 0.6 is 23.1 Å². The quantitative estimate of drug-likeness (QED) is 0.448. The lowest BCUT2D eigenvalue weighted by Crippen LogP contribution is -2.09. The Morgan fingerprint density at radius 1 is 1.20 bits per heavy atom. The first-order chi connectivity index (χ1) is 14.1. The molecule has 158 valence electrons. The Bertz CT molecular complexity index is 1050. The Hall–Kier alpha value is -2.58. The first-order valence-corrected chi connectivity index (χ1v) is 10.1. The molecule has 0 saturated heterocycles. The van der Waals surface area contributed by atoms with Crippen LogP contribution in [0.25, 0.3) is 11.3 Å². The molecule has 0 bridgehead atoms. The highest BCUT2D eigenvalue weighted by molar-refractivity contribution is 7.06. The van der Waals surface area contributed by atoms with E-state index in [1.807, 2.05) is 0 Å². The summed E-state index contributed by atoms with van der Waals surface area (Å²) in [4.78, 5) is 9.91. The van der Waals surface area contributed by atoms with Crippen LogP contribution in [0.2, 0.25) is 5.02 Å². The number of nitrogens with zero attached hydrogens (tertiary/aromatic N) is 1. The number of rotatable bonds is 7. The number of aromatic nitrogens is 1. The van der Waals surface area contributed by atoms with Crippen LogP contribution in [-0.4, -0.2) is 15.4 Å². The molecule has 0 atom stereocenters. The third-order valence-electron chi connectivity index (χ3n) is 4.40. The average Bonchev–Trinajstić information content (AvgIpc) is 3.10. The molecule has 1 aromatic heterocycles. The van der Waals surface area contributed by atoms with Crippen LogP contribution in [0.3, 0.4) is 0 Å². The molecule has 0 spiro atoms. The smallest absolute Gasteiger partial charge is 0.427 e. The predicted octanol–water partition coefficient (Wildman–Crippen LogP) is 6.39. The van der Waals surface area contributed by atoms with Crippen molar-refractivity contribution in [1.29, 1.82) is 0 Å². The molecule has 4 nitrogen and oxygen atoms in total. The van der Waals surface area contributed by atoms with E-state index in [-0.39, 0.29) is 24.3 Å². The molecule has 0 aliphatic heterocycles. The van der Waals surface area contributed by atoms with Crippen LogP contribution in [0.4, 0.5) is 13.2 Å². The molecule has 0 saturated carbocycles. The van der Waals surface area contributed by atoms with Crippen LogP contribution in [0, 0.1) is 6.92 Å². The summed E-state index contributed by atoms with van der Waals surface area (Å²) >= 11 is 6.26. The second-order valence-electron chi connectivity index (χ2n) is 6.63. The van der Waals surface area contributed by atoms with Gasteiger partial charge in [0.25, 0.3) is 0 Å². The van der Waals surface area contributed by atoms with Gasteiger partial charge in [-0.1, -0.05) is 35.9 Å². The lowest BCUT2D eigenvalue weighted by atomic mass is 10.1. The number of ether oxygens (including phenoxy) is 1. The van der Waals surface area contributed by atoms with Crippen molar-refractivity contribution < 1.29 is 27.8 Å². The molecular weight excluding hydrogens is 439 g/mol. The Kier molecular flexibility index (Phi) is 6.67. The standard InChI is InChI=1S/C21H17ClF3NO3S/c1-12-10-13(3-9-18(27)28)2-8-17(12)29-11-16-19(14-4-6-15(22)7-5-14)26-30-20(16)21(23,24)25/h2,4-8,10H,3,9,11H2,1H3,(H,27,28). The third kappa shape index (κ3) is 5.31. The van der Waals surface area contributed by atoms with Crippen molar-refractivity contribution in [3.8, 4) is 17.0 Å².